The summed E-state index contributed by atoms with van der Waals surface area (Å²) >= 11 is 6.28. The molecule has 0 aliphatic heterocycles. The molecular weight excluding hydrogens is 290 g/mol. The summed E-state index contributed by atoms with van der Waals surface area (Å²) in [5.41, 5.74) is 1.76. The number of benzene rings is 1. The van der Waals surface area contributed by atoms with Gasteiger partial charge in [0.1, 0.15) is 12.2 Å². The third-order valence-electron chi connectivity index (χ3n) is 3.32. The van der Waals surface area contributed by atoms with Crippen LogP contribution < -0.4 is 0 Å². The fourth-order valence-corrected chi connectivity index (χ4v) is 2.33. The topological polar surface area (TPSA) is 67.0 Å². The fourth-order valence-electron chi connectivity index (χ4n) is 2.13. The van der Waals surface area contributed by atoms with Crippen LogP contribution in [0.4, 0.5) is 0 Å². The van der Waals surface area contributed by atoms with Gasteiger partial charge in [-0.15, -0.1) is 0 Å². The van der Waals surface area contributed by atoms with Crippen LogP contribution in [0.25, 0.3) is 5.69 Å². The summed E-state index contributed by atoms with van der Waals surface area (Å²) in [6.07, 6.45) is 2.77. The number of methoxy groups -OCH3 is 1. The van der Waals surface area contributed by atoms with Crippen molar-refractivity contribution in [3.63, 3.8) is 0 Å². The molecule has 0 aliphatic rings. The second-order valence-corrected chi connectivity index (χ2v) is 5.10. The molecule has 2 aromatic rings. The Balaban J connectivity index is 2.46. The highest BCUT2D eigenvalue weighted by molar-refractivity contribution is 6.32. The zero-order valence-corrected chi connectivity index (χ0v) is 13.0. The molecule has 0 bridgehead atoms. The quantitative estimate of drug-likeness (QED) is 0.657. The highest BCUT2D eigenvalue weighted by atomic mass is 35.5. The number of nitrogens with zero attached hydrogens (tertiary/aromatic N) is 4. The molecule has 112 valence electrons. The molecule has 1 heterocycles. The Morgan fingerprint density at radius 2 is 2.29 bits per heavy atom. The van der Waals surface area contributed by atoms with Gasteiger partial charge in [0, 0.05) is 14.2 Å². The van der Waals surface area contributed by atoms with Crippen LogP contribution in [-0.2, 0) is 4.74 Å². The molecular formula is C14H18ClN5O. The van der Waals surface area contributed by atoms with Crippen LogP contribution in [0.3, 0.4) is 0 Å². The first kappa shape index (κ1) is 15.5. The lowest BCUT2D eigenvalue weighted by atomic mass is 10.1. The van der Waals surface area contributed by atoms with Crippen LogP contribution in [0.5, 0.6) is 0 Å². The summed E-state index contributed by atoms with van der Waals surface area (Å²) in [4.78, 5) is 5.90. The summed E-state index contributed by atoms with van der Waals surface area (Å²) in [6, 6.07) is 5.65. The van der Waals surface area contributed by atoms with E-state index in [1.165, 1.54) is 12.7 Å². The molecule has 0 fully saturated rings. The highest BCUT2D eigenvalue weighted by Gasteiger charge is 2.17. The fraction of sp³-hybridized carbons (Fsp3) is 0.357. The summed E-state index contributed by atoms with van der Waals surface area (Å²) in [5, 5.41) is 12.2. The number of ether oxygens (including phenoxy) is 1. The van der Waals surface area contributed by atoms with Gasteiger partial charge in [-0.3, -0.25) is 5.41 Å². The van der Waals surface area contributed by atoms with Gasteiger partial charge in [0.05, 0.1) is 29.7 Å². The van der Waals surface area contributed by atoms with Crippen molar-refractivity contribution in [1.29, 1.82) is 5.41 Å². The van der Waals surface area contributed by atoms with Gasteiger partial charge in [-0.1, -0.05) is 17.7 Å². The molecule has 0 saturated carbocycles. The SMILES string of the molecule is COCC(c1ccc(Cl)c(-n2ncnc2C)c1)N(C)C=N. The minimum Gasteiger partial charge on any atom is -0.382 e. The van der Waals surface area contributed by atoms with Gasteiger partial charge in [-0.25, -0.2) is 9.67 Å². The van der Waals surface area contributed by atoms with Gasteiger partial charge in [0.2, 0.25) is 0 Å². The second-order valence-electron chi connectivity index (χ2n) is 4.70. The summed E-state index contributed by atoms with van der Waals surface area (Å²) in [7, 11) is 3.48. The summed E-state index contributed by atoms with van der Waals surface area (Å²) in [5.74, 6) is 0.762. The minimum atomic E-state index is -0.0626. The minimum absolute atomic E-state index is 0.0626. The molecule has 0 spiro atoms. The maximum Gasteiger partial charge on any atom is 0.138 e. The Morgan fingerprint density at radius 3 is 2.86 bits per heavy atom. The first-order valence-corrected chi connectivity index (χ1v) is 6.84. The molecule has 0 radical (unpaired) electrons. The Bertz CT molecular complexity index is 628. The monoisotopic (exact) mass is 307 g/mol. The van der Waals surface area contributed by atoms with Crippen LogP contribution in [0.2, 0.25) is 5.02 Å². The van der Waals surface area contributed by atoms with Crippen LogP contribution in [-0.4, -0.2) is 46.8 Å². The third kappa shape index (κ3) is 3.22. The Kier molecular flexibility index (Phi) is 4.93. The predicted octanol–water partition coefficient (Wildman–Crippen LogP) is 2.46. The van der Waals surface area contributed by atoms with E-state index in [0.29, 0.717) is 11.6 Å². The molecule has 1 N–H and O–H groups in total. The molecule has 1 atom stereocenters. The molecule has 0 saturated heterocycles. The van der Waals surface area contributed by atoms with Gasteiger partial charge in [0.15, 0.2) is 0 Å². The number of aryl methyl sites for hydroxylation is 1. The normalized spacial score (nSPS) is 12.2. The Labute approximate surface area is 128 Å². The van der Waals surface area contributed by atoms with Crippen LogP contribution in [0.1, 0.15) is 17.4 Å². The van der Waals surface area contributed by atoms with Crippen molar-refractivity contribution in [3.05, 3.63) is 40.9 Å². The van der Waals surface area contributed by atoms with Gasteiger partial charge < -0.3 is 9.64 Å². The third-order valence-corrected chi connectivity index (χ3v) is 3.64. The largest absolute Gasteiger partial charge is 0.382 e. The van der Waals surface area contributed by atoms with Crippen molar-refractivity contribution < 1.29 is 4.74 Å². The van der Waals surface area contributed by atoms with Gasteiger partial charge >= 0.3 is 0 Å². The number of rotatable bonds is 6. The lowest BCUT2D eigenvalue weighted by Gasteiger charge is -2.26. The molecule has 0 amide bonds. The second kappa shape index (κ2) is 6.69. The number of hydrogen-bond donors (Lipinski definition) is 1. The van der Waals surface area contributed by atoms with E-state index in [4.69, 9.17) is 21.7 Å². The Morgan fingerprint density at radius 1 is 1.52 bits per heavy atom. The van der Waals surface area contributed by atoms with E-state index in [1.54, 1.807) is 16.7 Å². The van der Waals surface area contributed by atoms with E-state index < -0.39 is 0 Å². The molecule has 0 aliphatic carbocycles. The number of aromatic nitrogens is 3. The van der Waals surface area contributed by atoms with Gasteiger partial charge in [-0.05, 0) is 24.6 Å². The van der Waals surface area contributed by atoms with Crippen molar-refractivity contribution in [1.82, 2.24) is 19.7 Å². The van der Waals surface area contributed by atoms with Crippen molar-refractivity contribution in [2.24, 2.45) is 0 Å². The number of likely N-dealkylation sites (N-methyl/N-ethyl adjacent to an activating group) is 1. The standard InChI is InChI=1S/C14H18ClN5O/c1-10-17-9-18-20(10)13-6-11(4-5-12(13)15)14(7-21-3)19(2)8-16/h4-6,8-9,14,16H,7H2,1-3H3. The maximum absolute atomic E-state index is 7.43. The van der Waals surface area contributed by atoms with Crippen LogP contribution >= 0.6 is 11.6 Å². The molecule has 7 heteroatoms. The van der Waals surface area contributed by atoms with Gasteiger partial charge in [-0.2, -0.15) is 5.10 Å². The first-order chi connectivity index (χ1) is 10.1. The summed E-state index contributed by atoms with van der Waals surface area (Å²) < 4.78 is 6.95. The lowest BCUT2D eigenvalue weighted by molar-refractivity contribution is 0.140. The van der Waals surface area contributed by atoms with E-state index in [2.05, 4.69) is 10.1 Å². The average Bonchev–Trinajstić information content (AvgIpc) is 2.91. The number of nitrogens with one attached hydrogen (secondary N) is 1. The van der Waals surface area contributed by atoms with E-state index in [9.17, 15) is 0 Å². The van der Waals surface area contributed by atoms with E-state index in [-0.39, 0.29) is 6.04 Å². The van der Waals surface area contributed by atoms with Crippen LogP contribution in [0.15, 0.2) is 24.5 Å². The highest BCUT2D eigenvalue weighted by Crippen LogP contribution is 2.27. The van der Waals surface area contributed by atoms with E-state index >= 15 is 0 Å². The van der Waals surface area contributed by atoms with E-state index in [0.717, 1.165) is 17.1 Å². The van der Waals surface area contributed by atoms with Crippen molar-refractivity contribution in [2.75, 3.05) is 20.8 Å². The Hall–Kier alpha value is -1.92. The number of halogens is 1. The smallest absolute Gasteiger partial charge is 0.138 e. The molecule has 2 rings (SSSR count). The predicted molar refractivity (Wildman–Crippen MR) is 82.3 cm³/mol. The van der Waals surface area contributed by atoms with Crippen molar-refractivity contribution >= 4 is 17.9 Å². The van der Waals surface area contributed by atoms with Gasteiger partial charge in [0.25, 0.3) is 0 Å². The zero-order valence-electron chi connectivity index (χ0n) is 12.2. The molecule has 1 aromatic carbocycles. The van der Waals surface area contributed by atoms with Crippen molar-refractivity contribution in [3.8, 4) is 5.69 Å². The molecule has 21 heavy (non-hydrogen) atoms. The zero-order chi connectivity index (χ0) is 15.4. The molecule has 1 unspecified atom stereocenters. The first-order valence-electron chi connectivity index (χ1n) is 6.46. The summed E-state index contributed by atoms with van der Waals surface area (Å²) in [6.45, 7) is 2.34. The van der Waals surface area contributed by atoms with Crippen molar-refractivity contribution in [2.45, 2.75) is 13.0 Å². The average molecular weight is 308 g/mol. The lowest BCUT2D eigenvalue weighted by Crippen LogP contribution is -2.26. The van der Waals surface area contributed by atoms with Crippen LogP contribution in [0, 0.1) is 12.3 Å². The number of hydrogen-bond acceptors (Lipinski definition) is 4. The van der Waals surface area contributed by atoms with E-state index in [1.807, 2.05) is 32.2 Å². The molecule has 1 aromatic heterocycles. The maximum atomic E-state index is 7.43. The molecule has 6 nitrogen and oxygen atoms in total.